The Kier molecular flexibility index (Phi) is 5.16. The average molecular weight is 356 g/mol. The van der Waals surface area contributed by atoms with Crippen molar-refractivity contribution in [3.8, 4) is 0 Å². The number of carbonyl (C=O) groups excluding carboxylic acids is 1. The van der Waals surface area contributed by atoms with Gasteiger partial charge in [0.05, 0.1) is 5.69 Å². The van der Waals surface area contributed by atoms with E-state index in [0.29, 0.717) is 11.6 Å². The summed E-state index contributed by atoms with van der Waals surface area (Å²) in [5, 5.41) is 1.76. The molecule has 1 atom stereocenters. The molecule has 0 saturated carbocycles. The van der Waals surface area contributed by atoms with Gasteiger partial charge < -0.3 is 5.32 Å². The van der Waals surface area contributed by atoms with Crippen LogP contribution in [-0.4, -0.2) is 30.8 Å². The molecule has 124 valence electrons. The number of anilines is 1. The van der Waals surface area contributed by atoms with E-state index in [4.69, 9.17) is 0 Å². The minimum Gasteiger partial charge on any atom is -0.301 e. The summed E-state index contributed by atoms with van der Waals surface area (Å²) >= 11 is 1.28. The molecule has 0 aliphatic heterocycles. The van der Waals surface area contributed by atoms with Crippen LogP contribution in [0.5, 0.6) is 0 Å². The predicted molar refractivity (Wildman–Crippen MR) is 89.0 cm³/mol. The zero-order valence-electron chi connectivity index (χ0n) is 13.0. The van der Waals surface area contributed by atoms with E-state index in [1.165, 1.54) is 30.4 Å². The molecule has 2 aromatic rings. The molecule has 0 aliphatic rings. The molecule has 1 amide bonds. The van der Waals surface area contributed by atoms with E-state index in [0.717, 1.165) is 22.4 Å². The normalized spacial score (nSPS) is 12.9. The van der Waals surface area contributed by atoms with Gasteiger partial charge in [0.2, 0.25) is 5.91 Å². The molecule has 2 rings (SSSR count). The highest BCUT2D eigenvalue weighted by atomic mass is 32.2. The fraction of sp³-hybridized carbons (Fsp3) is 0.333. The van der Waals surface area contributed by atoms with E-state index in [9.17, 15) is 17.6 Å². The zero-order chi connectivity index (χ0) is 17.2. The van der Waals surface area contributed by atoms with Gasteiger partial charge in [-0.15, -0.1) is 11.3 Å². The van der Waals surface area contributed by atoms with Crippen molar-refractivity contribution >= 4 is 32.2 Å². The van der Waals surface area contributed by atoms with E-state index >= 15 is 0 Å². The third kappa shape index (κ3) is 4.59. The smallest absolute Gasteiger partial charge is 0.244 e. The quantitative estimate of drug-likeness (QED) is 0.893. The van der Waals surface area contributed by atoms with Gasteiger partial charge >= 0.3 is 0 Å². The van der Waals surface area contributed by atoms with Gasteiger partial charge in [-0.3, -0.25) is 4.79 Å². The maximum atomic E-state index is 12.9. The molecule has 0 bridgehead atoms. The summed E-state index contributed by atoms with van der Waals surface area (Å²) in [4.78, 5) is 17.1. The third-order valence-corrected chi connectivity index (χ3v) is 5.98. The molecule has 8 heteroatoms. The third-order valence-electron chi connectivity index (χ3n) is 3.41. The van der Waals surface area contributed by atoms with E-state index in [1.807, 2.05) is 6.92 Å². The lowest BCUT2D eigenvalue weighted by Gasteiger charge is -2.07. The van der Waals surface area contributed by atoms with Crippen LogP contribution in [0.25, 0.3) is 0 Å². The lowest BCUT2D eigenvalue weighted by molar-refractivity contribution is -0.115. The molecule has 1 N–H and O–H groups in total. The Hall–Kier alpha value is -1.80. The summed E-state index contributed by atoms with van der Waals surface area (Å²) < 4.78 is 35.7. The van der Waals surface area contributed by atoms with Crippen molar-refractivity contribution in [1.29, 1.82) is 0 Å². The lowest BCUT2D eigenvalue weighted by Crippen LogP contribution is -2.31. The second-order valence-corrected chi connectivity index (χ2v) is 8.74. The summed E-state index contributed by atoms with van der Waals surface area (Å²) in [7, 11) is -3.45. The van der Waals surface area contributed by atoms with Crippen molar-refractivity contribution < 1.29 is 17.6 Å². The van der Waals surface area contributed by atoms with Gasteiger partial charge in [-0.25, -0.2) is 17.8 Å². The molecule has 23 heavy (non-hydrogen) atoms. The highest BCUT2D eigenvalue weighted by molar-refractivity contribution is 7.92. The molecule has 1 aromatic carbocycles. The minimum absolute atomic E-state index is 0.294. The molecule has 1 heterocycles. The van der Waals surface area contributed by atoms with Gasteiger partial charge in [-0.1, -0.05) is 12.1 Å². The standard InChI is InChI=1S/C15H17FN2O3S2/c1-9-13(8-11-4-6-12(16)7-5-11)22-15(17-9)18-14(19)10(2)23(3,20)21/h4-7,10H,8H2,1-3H3,(H,17,18,19)/t10-/m1/s1. The number of nitrogens with zero attached hydrogens (tertiary/aromatic N) is 1. The zero-order valence-corrected chi connectivity index (χ0v) is 14.6. The first kappa shape index (κ1) is 17.6. The molecule has 0 radical (unpaired) electrons. The molecule has 5 nitrogen and oxygen atoms in total. The van der Waals surface area contributed by atoms with Crippen molar-refractivity contribution in [1.82, 2.24) is 4.98 Å². The largest absolute Gasteiger partial charge is 0.301 e. The maximum Gasteiger partial charge on any atom is 0.244 e. The van der Waals surface area contributed by atoms with Crippen molar-refractivity contribution in [2.24, 2.45) is 0 Å². The number of carbonyl (C=O) groups is 1. The highest BCUT2D eigenvalue weighted by Crippen LogP contribution is 2.25. The lowest BCUT2D eigenvalue weighted by atomic mass is 10.1. The Morgan fingerprint density at radius 3 is 2.52 bits per heavy atom. The summed E-state index contributed by atoms with van der Waals surface area (Å²) in [5.74, 6) is -0.896. The first-order chi connectivity index (χ1) is 10.7. The number of thiazole rings is 1. The molecule has 0 aliphatic carbocycles. The number of aryl methyl sites for hydroxylation is 1. The first-order valence-corrected chi connectivity index (χ1v) is 9.64. The second kappa shape index (κ2) is 6.76. The van der Waals surface area contributed by atoms with Gasteiger partial charge in [0.15, 0.2) is 15.0 Å². The molecule has 0 unspecified atom stereocenters. The number of hydrogen-bond donors (Lipinski definition) is 1. The Labute approximate surface area is 138 Å². The van der Waals surface area contributed by atoms with Crippen LogP contribution in [0.3, 0.4) is 0 Å². The number of benzene rings is 1. The number of amides is 1. The van der Waals surface area contributed by atoms with E-state index in [2.05, 4.69) is 10.3 Å². The van der Waals surface area contributed by atoms with E-state index in [1.54, 1.807) is 12.1 Å². The molecule has 0 spiro atoms. The predicted octanol–water partition coefficient (Wildman–Crippen LogP) is 2.55. The summed E-state index contributed by atoms with van der Waals surface area (Å²) in [6, 6.07) is 6.17. The molecular weight excluding hydrogens is 339 g/mol. The number of rotatable bonds is 5. The van der Waals surface area contributed by atoms with Gasteiger partial charge in [0.1, 0.15) is 11.1 Å². The van der Waals surface area contributed by atoms with Crippen LogP contribution < -0.4 is 5.32 Å². The van der Waals surface area contributed by atoms with E-state index in [-0.39, 0.29) is 5.82 Å². The van der Waals surface area contributed by atoms with Crippen LogP contribution in [0.4, 0.5) is 9.52 Å². The number of nitrogens with one attached hydrogen (secondary N) is 1. The molecule has 0 saturated heterocycles. The average Bonchev–Trinajstić information content (AvgIpc) is 2.79. The van der Waals surface area contributed by atoms with Crippen molar-refractivity contribution in [2.45, 2.75) is 25.5 Å². The Bertz CT molecular complexity index is 814. The fourth-order valence-corrected chi connectivity index (χ4v) is 3.28. The SMILES string of the molecule is Cc1nc(NC(=O)[C@@H](C)S(C)(=O)=O)sc1Cc1ccc(F)cc1. The van der Waals surface area contributed by atoms with Crippen molar-refractivity contribution in [3.05, 3.63) is 46.2 Å². The van der Waals surface area contributed by atoms with Crippen LogP contribution >= 0.6 is 11.3 Å². The van der Waals surface area contributed by atoms with Gasteiger partial charge in [-0.05, 0) is 31.5 Å². The first-order valence-electron chi connectivity index (χ1n) is 6.87. The van der Waals surface area contributed by atoms with Crippen LogP contribution in [0.15, 0.2) is 24.3 Å². The van der Waals surface area contributed by atoms with Gasteiger partial charge in [0.25, 0.3) is 0 Å². The van der Waals surface area contributed by atoms with Gasteiger partial charge in [-0.2, -0.15) is 0 Å². The van der Waals surface area contributed by atoms with Gasteiger partial charge in [0, 0.05) is 17.6 Å². The monoisotopic (exact) mass is 356 g/mol. The number of hydrogen-bond acceptors (Lipinski definition) is 5. The minimum atomic E-state index is -3.45. The highest BCUT2D eigenvalue weighted by Gasteiger charge is 2.24. The van der Waals surface area contributed by atoms with Crippen molar-refractivity contribution in [2.75, 3.05) is 11.6 Å². The van der Waals surface area contributed by atoms with Crippen LogP contribution in [0.2, 0.25) is 0 Å². The summed E-state index contributed by atoms with van der Waals surface area (Å²) in [6.45, 7) is 3.15. The van der Waals surface area contributed by atoms with Crippen LogP contribution in [0.1, 0.15) is 23.1 Å². The summed E-state index contributed by atoms with van der Waals surface area (Å²) in [5.41, 5.74) is 1.68. The second-order valence-electron chi connectivity index (χ2n) is 5.29. The Morgan fingerprint density at radius 2 is 1.96 bits per heavy atom. The van der Waals surface area contributed by atoms with Crippen molar-refractivity contribution in [3.63, 3.8) is 0 Å². The van der Waals surface area contributed by atoms with E-state index < -0.39 is 21.0 Å². The molecular formula is C15H17FN2O3S2. The Balaban J connectivity index is 2.12. The molecule has 1 aromatic heterocycles. The summed E-state index contributed by atoms with van der Waals surface area (Å²) in [6.07, 6.45) is 1.59. The topological polar surface area (TPSA) is 76.1 Å². The maximum absolute atomic E-state index is 12.9. The molecule has 0 fully saturated rings. The number of aromatic nitrogens is 1. The number of sulfone groups is 1. The van der Waals surface area contributed by atoms with Crippen LogP contribution in [-0.2, 0) is 21.1 Å². The number of halogens is 1. The Morgan fingerprint density at radius 1 is 1.35 bits per heavy atom. The fourth-order valence-electron chi connectivity index (χ4n) is 1.83. The van der Waals surface area contributed by atoms with Crippen LogP contribution in [0, 0.1) is 12.7 Å².